The van der Waals surface area contributed by atoms with Crippen LogP contribution >= 0.6 is 11.3 Å². The second-order valence-corrected chi connectivity index (χ2v) is 5.17. The van der Waals surface area contributed by atoms with Crippen molar-refractivity contribution in [2.45, 2.75) is 20.4 Å². The number of hydrogen-bond donors (Lipinski definition) is 1. The first-order chi connectivity index (χ1) is 9.11. The van der Waals surface area contributed by atoms with Gasteiger partial charge in [-0.25, -0.2) is 4.98 Å². The Balaban J connectivity index is 2.13. The Kier molecular flexibility index (Phi) is 3.93. The molecule has 0 saturated heterocycles. The van der Waals surface area contributed by atoms with E-state index in [1.54, 1.807) is 13.0 Å². The van der Waals surface area contributed by atoms with Gasteiger partial charge < -0.3 is 5.32 Å². The molecule has 96 valence electrons. The van der Waals surface area contributed by atoms with Gasteiger partial charge in [-0.1, -0.05) is 12.1 Å². The molecule has 4 nitrogen and oxygen atoms in total. The van der Waals surface area contributed by atoms with Gasteiger partial charge in [-0.05, 0) is 19.1 Å². The predicted octanol–water partition coefficient (Wildman–Crippen LogP) is 3.14. The molecule has 0 radical (unpaired) electrons. The maximum absolute atomic E-state index is 11.4. The van der Waals surface area contributed by atoms with Crippen LogP contribution in [0.2, 0.25) is 0 Å². The van der Waals surface area contributed by atoms with Crippen molar-refractivity contribution in [1.29, 1.82) is 5.26 Å². The largest absolute Gasteiger partial charge is 0.377 e. The maximum Gasteiger partial charge on any atom is 0.171 e. The first-order valence-corrected chi connectivity index (χ1v) is 6.63. The van der Waals surface area contributed by atoms with Gasteiger partial charge in [0.05, 0.1) is 28.4 Å². The molecule has 5 heteroatoms. The van der Waals surface area contributed by atoms with Crippen LogP contribution in [0.3, 0.4) is 0 Å². The lowest BCUT2D eigenvalue weighted by molar-refractivity contribution is 0.102. The van der Waals surface area contributed by atoms with E-state index in [0.29, 0.717) is 17.0 Å². The lowest BCUT2D eigenvalue weighted by Gasteiger charge is -2.05. The molecule has 0 aliphatic rings. The minimum Gasteiger partial charge on any atom is -0.377 e. The number of rotatable bonds is 4. The number of thiazole rings is 1. The Morgan fingerprint density at radius 1 is 1.47 bits per heavy atom. The van der Waals surface area contributed by atoms with E-state index in [1.165, 1.54) is 11.3 Å². The molecule has 1 heterocycles. The topological polar surface area (TPSA) is 65.8 Å². The number of nitrogens with one attached hydrogen (secondary N) is 1. The number of Topliss-reactive ketones (excluding diaryl/α,β-unsaturated/α-hetero) is 1. The van der Waals surface area contributed by atoms with Crippen LogP contribution in [0.1, 0.15) is 32.9 Å². The second kappa shape index (κ2) is 5.63. The molecule has 0 atom stereocenters. The van der Waals surface area contributed by atoms with E-state index in [9.17, 15) is 4.79 Å². The molecule has 1 N–H and O–H groups in total. The van der Waals surface area contributed by atoms with Crippen LogP contribution in [0.25, 0.3) is 0 Å². The van der Waals surface area contributed by atoms with Crippen LogP contribution in [-0.2, 0) is 6.54 Å². The number of ketones is 1. The molecule has 1 aromatic heterocycles. The lowest BCUT2D eigenvalue weighted by Crippen LogP contribution is -2.00. The summed E-state index contributed by atoms with van der Waals surface area (Å²) in [7, 11) is 0. The van der Waals surface area contributed by atoms with Gasteiger partial charge >= 0.3 is 0 Å². The number of carbonyl (C=O) groups is 1. The van der Waals surface area contributed by atoms with Crippen molar-refractivity contribution in [3.63, 3.8) is 0 Å². The van der Waals surface area contributed by atoms with E-state index in [0.717, 1.165) is 16.4 Å². The molecule has 0 fully saturated rings. The maximum atomic E-state index is 11.4. The monoisotopic (exact) mass is 271 g/mol. The van der Waals surface area contributed by atoms with Crippen molar-refractivity contribution < 1.29 is 4.79 Å². The summed E-state index contributed by atoms with van der Waals surface area (Å²) in [4.78, 5) is 16.4. The van der Waals surface area contributed by atoms with Crippen molar-refractivity contribution in [2.75, 3.05) is 5.32 Å². The Morgan fingerprint density at radius 3 is 2.84 bits per heavy atom. The molecular weight excluding hydrogens is 258 g/mol. The first-order valence-electron chi connectivity index (χ1n) is 5.82. The zero-order chi connectivity index (χ0) is 13.8. The highest BCUT2D eigenvalue weighted by atomic mass is 32.1. The zero-order valence-corrected chi connectivity index (χ0v) is 11.5. The Labute approximate surface area is 115 Å². The van der Waals surface area contributed by atoms with Crippen LogP contribution in [0, 0.1) is 18.3 Å². The highest BCUT2D eigenvalue weighted by molar-refractivity contribution is 7.13. The summed E-state index contributed by atoms with van der Waals surface area (Å²) < 4.78 is 0. The molecule has 0 aliphatic heterocycles. The van der Waals surface area contributed by atoms with E-state index in [2.05, 4.69) is 16.4 Å². The van der Waals surface area contributed by atoms with Crippen LogP contribution in [0.15, 0.2) is 24.3 Å². The predicted molar refractivity (Wildman–Crippen MR) is 75.3 cm³/mol. The van der Waals surface area contributed by atoms with Crippen molar-refractivity contribution in [2.24, 2.45) is 0 Å². The van der Waals surface area contributed by atoms with E-state index < -0.39 is 0 Å². The summed E-state index contributed by atoms with van der Waals surface area (Å²) in [5.74, 6) is 0.0404. The summed E-state index contributed by atoms with van der Waals surface area (Å²) in [5, 5.41) is 13.0. The van der Waals surface area contributed by atoms with Gasteiger partial charge in [0.25, 0.3) is 0 Å². The van der Waals surface area contributed by atoms with Crippen molar-refractivity contribution in [3.05, 3.63) is 45.4 Å². The van der Waals surface area contributed by atoms with Crippen LogP contribution in [-0.4, -0.2) is 10.8 Å². The standard InChI is InChI=1S/C14H13N3OS/c1-9-14(10(2)18)19-13(17-9)8-16-12-6-4-3-5-11(12)7-15/h3-6,16H,8H2,1-2H3. The fourth-order valence-electron chi connectivity index (χ4n) is 1.76. The number of anilines is 1. The molecule has 0 unspecified atom stereocenters. The zero-order valence-electron chi connectivity index (χ0n) is 10.7. The molecule has 0 spiro atoms. The minimum absolute atomic E-state index is 0.0404. The van der Waals surface area contributed by atoms with Gasteiger partial charge in [0.15, 0.2) is 5.78 Å². The van der Waals surface area contributed by atoms with E-state index in [1.807, 2.05) is 25.1 Å². The smallest absolute Gasteiger partial charge is 0.171 e. The van der Waals surface area contributed by atoms with Gasteiger partial charge in [-0.2, -0.15) is 5.26 Å². The van der Waals surface area contributed by atoms with Crippen LogP contribution in [0.4, 0.5) is 5.69 Å². The number of aryl methyl sites for hydroxylation is 1. The second-order valence-electron chi connectivity index (χ2n) is 4.09. The average Bonchev–Trinajstić information content (AvgIpc) is 2.78. The normalized spacial score (nSPS) is 9.95. The highest BCUT2D eigenvalue weighted by Gasteiger charge is 2.11. The Bertz CT molecular complexity index is 655. The number of hydrogen-bond acceptors (Lipinski definition) is 5. The van der Waals surface area contributed by atoms with Gasteiger partial charge in [0.1, 0.15) is 11.1 Å². The SMILES string of the molecule is CC(=O)c1sc(CNc2ccccc2C#N)nc1C. The number of carbonyl (C=O) groups excluding carboxylic acids is 1. The quantitative estimate of drug-likeness (QED) is 0.867. The summed E-state index contributed by atoms with van der Waals surface area (Å²) in [5.41, 5.74) is 2.15. The molecule has 0 amide bonds. The third-order valence-corrected chi connectivity index (χ3v) is 3.90. The van der Waals surface area contributed by atoms with Gasteiger partial charge in [0.2, 0.25) is 0 Å². The number of nitrogens with zero attached hydrogens (tertiary/aromatic N) is 2. The minimum atomic E-state index is 0.0404. The molecule has 0 bridgehead atoms. The van der Waals surface area contributed by atoms with Gasteiger partial charge in [-0.3, -0.25) is 4.79 Å². The first kappa shape index (κ1) is 13.2. The van der Waals surface area contributed by atoms with E-state index in [4.69, 9.17) is 5.26 Å². The molecule has 1 aromatic carbocycles. The van der Waals surface area contributed by atoms with Crippen molar-refractivity contribution >= 4 is 22.8 Å². The molecular formula is C14H13N3OS. The molecule has 2 rings (SSSR count). The summed E-state index contributed by atoms with van der Waals surface area (Å²) in [6.45, 7) is 3.89. The lowest BCUT2D eigenvalue weighted by atomic mass is 10.2. The molecule has 2 aromatic rings. The highest BCUT2D eigenvalue weighted by Crippen LogP contribution is 2.20. The van der Waals surface area contributed by atoms with Crippen molar-refractivity contribution in [1.82, 2.24) is 4.98 Å². The van der Waals surface area contributed by atoms with E-state index in [-0.39, 0.29) is 5.78 Å². The van der Waals surface area contributed by atoms with Gasteiger partial charge in [-0.15, -0.1) is 11.3 Å². The summed E-state index contributed by atoms with van der Waals surface area (Å²) in [6, 6.07) is 9.44. The third-order valence-electron chi connectivity index (χ3n) is 2.64. The average molecular weight is 271 g/mol. The van der Waals surface area contributed by atoms with E-state index >= 15 is 0 Å². The molecule has 19 heavy (non-hydrogen) atoms. The number of nitriles is 1. The number of para-hydroxylation sites is 1. The Hall–Kier alpha value is -2.19. The Morgan fingerprint density at radius 2 is 2.21 bits per heavy atom. The van der Waals surface area contributed by atoms with Crippen LogP contribution < -0.4 is 5.32 Å². The van der Waals surface area contributed by atoms with Gasteiger partial charge in [0, 0.05) is 6.92 Å². The third kappa shape index (κ3) is 2.98. The molecule has 0 aliphatic carbocycles. The fourth-order valence-corrected chi connectivity index (χ4v) is 2.66. The van der Waals surface area contributed by atoms with Crippen molar-refractivity contribution in [3.8, 4) is 6.07 Å². The number of aromatic nitrogens is 1. The molecule has 0 saturated carbocycles. The summed E-state index contributed by atoms with van der Waals surface area (Å²) in [6.07, 6.45) is 0. The fraction of sp³-hybridized carbons (Fsp3) is 0.214. The van der Waals surface area contributed by atoms with Crippen LogP contribution in [0.5, 0.6) is 0 Å². The number of benzene rings is 1. The summed E-state index contributed by atoms with van der Waals surface area (Å²) >= 11 is 1.39.